The largest absolute Gasteiger partial charge is 0.340 e. The van der Waals surface area contributed by atoms with E-state index in [1.807, 2.05) is 47.8 Å². The SMILES string of the molecule is CN(Cc1ccc(Cl)s1)C(=O)CSc1nc2sccc2c(=O)n1-c1ccccc1. The lowest BCUT2D eigenvalue weighted by molar-refractivity contribution is -0.127. The van der Waals surface area contributed by atoms with E-state index in [2.05, 4.69) is 4.98 Å². The molecule has 5 nitrogen and oxygen atoms in total. The van der Waals surface area contributed by atoms with E-state index in [1.54, 1.807) is 22.6 Å². The molecule has 1 amide bonds. The van der Waals surface area contributed by atoms with Crippen LogP contribution in [0.5, 0.6) is 0 Å². The van der Waals surface area contributed by atoms with Crippen LogP contribution in [0.1, 0.15) is 4.88 Å². The summed E-state index contributed by atoms with van der Waals surface area (Å²) in [6, 6.07) is 14.9. The van der Waals surface area contributed by atoms with E-state index >= 15 is 0 Å². The molecular weight excluding hydrogens is 446 g/mol. The molecule has 0 aliphatic rings. The molecule has 0 spiro atoms. The standard InChI is InChI=1S/C20H16ClN3O2S3/c1-23(11-14-7-8-16(21)29-14)17(25)12-28-20-22-18-15(9-10-27-18)19(26)24(20)13-5-3-2-4-6-13/h2-10H,11-12H2,1H3. The molecule has 0 bridgehead atoms. The summed E-state index contributed by atoms with van der Waals surface area (Å²) in [5.41, 5.74) is 0.605. The number of hydrogen-bond acceptors (Lipinski definition) is 6. The van der Waals surface area contributed by atoms with E-state index in [-0.39, 0.29) is 17.2 Å². The van der Waals surface area contributed by atoms with Gasteiger partial charge in [0.25, 0.3) is 5.56 Å². The molecule has 4 rings (SSSR count). The molecule has 0 N–H and O–H groups in total. The number of aromatic nitrogens is 2. The number of thiophene rings is 2. The third-order valence-electron chi connectivity index (χ3n) is 4.25. The lowest BCUT2D eigenvalue weighted by Gasteiger charge is -2.17. The summed E-state index contributed by atoms with van der Waals surface area (Å²) in [4.78, 5) is 33.7. The molecule has 4 aromatic rings. The van der Waals surface area contributed by atoms with Crippen molar-refractivity contribution in [2.45, 2.75) is 11.7 Å². The highest BCUT2D eigenvalue weighted by molar-refractivity contribution is 7.99. The average molecular weight is 462 g/mol. The summed E-state index contributed by atoms with van der Waals surface area (Å²) in [5.74, 6) is 0.144. The van der Waals surface area contributed by atoms with Crippen molar-refractivity contribution in [3.63, 3.8) is 0 Å². The zero-order chi connectivity index (χ0) is 20.4. The van der Waals surface area contributed by atoms with E-state index in [0.717, 1.165) is 10.6 Å². The topological polar surface area (TPSA) is 55.2 Å². The predicted octanol–water partition coefficient (Wildman–Crippen LogP) is 4.91. The highest BCUT2D eigenvalue weighted by Gasteiger charge is 2.17. The smallest absolute Gasteiger partial charge is 0.267 e. The van der Waals surface area contributed by atoms with Gasteiger partial charge < -0.3 is 4.90 Å². The summed E-state index contributed by atoms with van der Waals surface area (Å²) in [5, 5.41) is 2.95. The molecule has 0 atom stereocenters. The molecule has 3 aromatic heterocycles. The third kappa shape index (κ3) is 4.40. The highest BCUT2D eigenvalue weighted by atomic mass is 35.5. The number of hydrogen-bond donors (Lipinski definition) is 0. The van der Waals surface area contributed by atoms with E-state index in [9.17, 15) is 9.59 Å². The van der Waals surface area contributed by atoms with Gasteiger partial charge in [0.2, 0.25) is 5.91 Å². The zero-order valence-corrected chi connectivity index (χ0v) is 18.6. The minimum absolute atomic E-state index is 0.0420. The van der Waals surface area contributed by atoms with Gasteiger partial charge in [0.1, 0.15) is 4.83 Å². The third-order valence-corrected chi connectivity index (χ3v) is 7.20. The van der Waals surface area contributed by atoms with Gasteiger partial charge in [-0.15, -0.1) is 22.7 Å². The fraction of sp³-hybridized carbons (Fsp3) is 0.150. The summed E-state index contributed by atoms with van der Waals surface area (Å²) in [6.07, 6.45) is 0. The lowest BCUT2D eigenvalue weighted by atomic mass is 10.3. The van der Waals surface area contributed by atoms with E-state index < -0.39 is 0 Å². The molecule has 0 saturated carbocycles. The Bertz CT molecular complexity index is 1220. The second-order valence-electron chi connectivity index (χ2n) is 6.25. The Labute approximate surface area is 184 Å². The number of halogens is 1. The van der Waals surface area contributed by atoms with E-state index in [0.29, 0.717) is 26.3 Å². The summed E-state index contributed by atoms with van der Waals surface area (Å²) in [7, 11) is 1.76. The first kappa shape index (κ1) is 20.2. The van der Waals surface area contributed by atoms with Crippen LogP contribution in [0.3, 0.4) is 0 Å². The van der Waals surface area contributed by atoms with Gasteiger partial charge >= 0.3 is 0 Å². The Morgan fingerprint density at radius 3 is 2.72 bits per heavy atom. The average Bonchev–Trinajstić information content (AvgIpc) is 3.35. The Kier molecular flexibility index (Phi) is 6.05. The molecular formula is C20H16ClN3O2S3. The maximum absolute atomic E-state index is 13.0. The number of nitrogens with zero attached hydrogens (tertiary/aromatic N) is 3. The molecule has 3 heterocycles. The molecule has 29 heavy (non-hydrogen) atoms. The van der Waals surface area contributed by atoms with Crippen LogP contribution < -0.4 is 5.56 Å². The van der Waals surface area contributed by atoms with E-state index in [1.165, 1.54) is 34.4 Å². The van der Waals surface area contributed by atoms with Gasteiger partial charge in [0.15, 0.2) is 5.16 Å². The van der Waals surface area contributed by atoms with Crippen LogP contribution in [0, 0.1) is 0 Å². The van der Waals surface area contributed by atoms with Crippen LogP contribution in [0.4, 0.5) is 0 Å². The molecule has 0 unspecified atom stereocenters. The van der Waals surface area contributed by atoms with Gasteiger partial charge in [0, 0.05) is 11.9 Å². The number of carbonyl (C=O) groups is 1. The normalized spacial score (nSPS) is 11.1. The van der Waals surface area contributed by atoms with Gasteiger partial charge in [-0.2, -0.15) is 0 Å². The number of amides is 1. The molecule has 1 aromatic carbocycles. The van der Waals surface area contributed by atoms with Crippen molar-refractivity contribution < 1.29 is 4.79 Å². The van der Waals surface area contributed by atoms with Crippen LogP contribution in [0.15, 0.2) is 63.9 Å². The van der Waals surface area contributed by atoms with Gasteiger partial charge in [-0.05, 0) is 35.7 Å². The van der Waals surface area contributed by atoms with Crippen molar-refractivity contribution in [2.75, 3.05) is 12.8 Å². The van der Waals surface area contributed by atoms with Crippen molar-refractivity contribution in [2.24, 2.45) is 0 Å². The fourth-order valence-electron chi connectivity index (χ4n) is 2.79. The maximum atomic E-state index is 13.0. The van der Waals surface area contributed by atoms with Crippen molar-refractivity contribution in [1.82, 2.24) is 14.5 Å². The number of benzene rings is 1. The zero-order valence-electron chi connectivity index (χ0n) is 15.4. The van der Waals surface area contributed by atoms with Gasteiger partial charge in [0.05, 0.1) is 27.7 Å². The van der Waals surface area contributed by atoms with Crippen molar-refractivity contribution >= 4 is 62.2 Å². The van der Waals surface area contributed by atoms with Gasteiger partial charge in [-0.1, -0.05) is 41.6 Å². The van der Waals surface area contributed by atoms with Gasteiger partial charge in [-0.3, -0.25) is 14.2 Å². The van der Waals surface area contributed by atoms with Crippen LogP contribution in [0.2, 0.25) is 4.34 Å². The van der Waals surface area contributed by atoms with Crippen LogP contribution in [-0.2, 0) is 11.3 Å². The molecule has 0 fully saturated rings. The monoisotopic (exact) mass is 461 g/mol. The summed E-state index contributed by atoms with van der Waals surface area (Å²) < 4.78 is 2.28. The quantitative estimate of drug-likeness (QED) is 0.302. The molecule has 148 valence electrons. The summed E-state index contributed by atoms with van der Waals surface area (Å²) >= 11 is 10.1. The van der Waals surface area contributed by atoms with Crippen molar-refractivity contribution in [1.29, 1.82) is 0 Å². The first-order valence-corrected chi connectivity index (χ1v) is 11.8. The van der Waals surface area contributed by atoms with Crippen molar-refractivity contribution in [3.05, 3.63) is 73.5 Å². The van der Waals surface area contributed by atoms with Gasteiger partial charge in [-0.25, -0.2) is 4.98 Å². The van der Waals surface area contributed by atoms with Crippen LogP contribution in [0.25, 0.3) is 15.9 Å². The molecule has 0 saturated heterocycles. The number of rotatable bonds is 6. The predicted molar refractivity (Wildman–Crippen MR) is 122 cm³/mol. The second kappa shape index (κ2) is 8.71. The second-order valence-corrected chi connectivity index (χ2v) is 9.89. The maximum Gasteiger partial charge on any atom is 0.267 e. The lowest BCUT2D eigenvalue weighted by Crippen LogP contribution is -2.28. The van der Waals surface area contributed by atoms with Crippen LogP contribution >= 0.6 is 46.0 Å². The minimum atomic E-state index is -0.126. The molecule has 0 radical (unpaired) electrons. The number of para-hydroxylation sites is 1. The Morgan fingerprint density at radius 2 is 2.00 bits per heavy atom. The number of thioether (sulfide) groups is 1. The van der Waals surface area contributed by atoms with E-state index in [4.69, 9.17) is 11.6 Å². The fourth-order valence-corrected chi connectivity index (χ4v) is 5.69. The van der Waals surface area contributed by atoms with Crippen molar-refractivity contribution in [3.8, 4) is 5.69 Å². The number of carbonyl (C=O) groups excluding carboxylic acids is 1. The minimum Gasteiger partial charge on any atom is -0.340 e. The summed E-state index contributed by atoms with van der Waals surface area (Å²) in [6.45, 7) is 0.500. The number of fused-ring (bicyclic) bond motifs is 1. The van der Waals surface area contributed by atoms with Crippen LogP contribution in [-0.4, -0.2) is 33.2 Å². The first-order chi connectivity index (χ1) is 14.0. The Morgan fingerprint density at radius 1 is 1.21 bits per heavy atom. The Hall–Kier alpha value is -2.13. The Balaban J connectivity index is 1.58. The highest BCUT2D eigenvalue weighted by Crippen LogP contribution is 2.25. The first-order valence-electron chi connectivity index (χ1n) is 8.69. The molecule has 0 aliphatic heterocycles. The molecule has 9 heteroatoms. The molecule has 0 aliphatic carbocycles.